The van der Waals surface area contributed by atoms with Crippen LogP contribution in [0.25, 0.3) is 0 Å². The minimum atomic E-state index is -0.659. The number of carbonyl (C=O) groups is 1. The van der Waals surface area contributed by atoms with Gasteiger partial charge in [0.25, 0.3) is 0 Å². The number of Topliss-reactive ketones (excluding diaryl/α,β-unsaturated/α-hetero) is 1. The van der Waals surface area contributed by atoms with E-state index in [1.54, 1.807) is 0 Å². The number of carbonyl (C=O) groups excluding carboxylic acids is 1. The Morgan fingerprint density at radius 1 is 1.67 bits per heavy atom. The second kappa shape index (κ2) is 2.48. The molecular weight excluding hydrogens is 116 g/mol. The molecule has 2 atom stereocenters. The quantitative estimate of drug-likeness (QED) is 0.522. The van der Waals surface area contributed by atoms with E-state index < -0.39 is 6.10 Å². The smallest absolute Gasteiger partial charge is 0.161 e. The molecule has 1 aliphatic rings. The van der Waals surface area contributed by atoms with Crippen molar-refractivity contribution in [2.75, 3.05) is 0 Å². The molecule has 2 nitrogen and oxygen atoms in total. The molecule has 9 heavy (non-hydrogen) atoms. The van der Waals surface area contributed by atoms with E-state index in [0.29, 0.717) is 18.8 Å². The van der Waals surface area contributed by atoms with Gasteiger partial charge in [0.1, 0.15) is 6.10 Å². The van der Waals surface area contributed by atoms with Crippen LogP contribution in [0.5, 0.6) is 0 Å². The first-order valence-electron chi connectivity index (χ1n) is 3.41. The van der Waals surface area contributed by atoms with Crippen molar-refractivity contribution in [3.05, 3.63) is 0 Å². The van der Waals surface area contributed by atoms with Crippen molar-refractivity contribution in [1.29, 1.82) is 0 Å². The summed E-state index contributed by atoms with van der Waals surface area (Å²) in [6.07, 6.45) is 1.53. The van der Waals surface area contributed by atoms with Gasteiger partial charge in [0.15, 0.2) is 5.78 Å². The largest absolute Gasteiger partial charge is 0.385 e. The average Bonchev–Trinajstić information content (AvgIpc) is 1.80. The lowest BCUT2D eigenvalue weighted by atomic mass is 9.88. The summed E-state index contributed by atoms with van der Waals surface area (Å²) in [6.45, 7) is 2.07. The van der Waals surface area contributed by atoms with Gasteiger partial charge in [-0.25, -0.2) is 0 Å². The first kappa shape index (κ1) is 6.75. The highest BCUT2D eigenvalue weighted by molar-refractivity contribution is 5.83. The van der Waals surface area contributed by atoms with Crippen molar-refractivity contribution < 1.29 is 9.90 Å². The Hall–Kier alpha value is -0.370. The van der Waals surface area contributed by atoms with E-state index in [4.69, 9.17) is 5.11 Å². The molecule has 1 fully saturated rings. The summed E-state index contributed by atoms with van der Waals surface area (Å²) in [5, 5.41) is 9.00. The van der Waals surface area contributed by atoms with Gasteiger partial charge in [-0.15, -0.1) is 0 Å². The van der Waals surface area contributed by atoms with Crippen LogP contribution in [0.2, 0.25) is 0 Å². The van der Waals surface area contributed by atoms with Gasteiger partial charge < -0.3 is 5.11 Å². The third-order valence-corrected chi connectivity index (χ3v) is 1.88. The molecule has 0 spiro atoms. The molecule has 1 saturated carbocycles. The summed E-state index contributed by atoms with van der Waals surface area (Å²) in [5.41, 5.74) is 0. The minimum absolute atomic E-state index is 0.0214. The zero-order valence-corrected chi connectivity index (χ0v) is 5.63. The molecule has 0 heterocycles. The lowest BCUT2D eigenvalue weighted by molar-refractivity contribution is -0.130. The van der Waals surface area contributed by atoms with Crippen molar-refractivity contribution in [3.63, 3.8) is 0 Å². The molecule has 0 saturated heterocycles. The third kappa shape index (κ3) is 1.52. The lowest BCUT2D eigenvalue weighted by Crippen LogP contribution is -2.27. The van der Waals surface area contributed by atoms with E-state index in [1.165, 1.54) is 0 Å². The van der Waals surface area contributed by atoms with Gasteiger partial charge in [-0.2, -0.15) is 0 Å². The number of hydrogen-bond acceptors (Lipinski definition) is 2. The zero-order chi connectivity index (χ0) is 6.85. The number of aliphatic hydroxyl groups is 1. The van der Waals surface area contributed by atoms with Crippen LogP contribution in [0.1, 0.15) is 26.2 Å². The van der Waals surface area contributed by atoms with E-state index in [2.05, 4.69) is 6.92 Å². The summed E-state index contributed by atoms with van der Waals surface area (Å²) in [4.78, 5) is 10.7. The van der Waals surface area contributed by atoms with Gasteiger partial charge in [0, 0.05) is 6.42 Å². The predicted molar refractivity (Wildman–Crippen MR) is 34.0 cm³/mol. The molecule has 1 unspecified atom stereocenters. The summed E-state index contributed by atoms with van der Waals surface area (Å²) in [5.74, 6) is 0.547. The highest BCUT2D eigenvalue weighted by atomic mass is 16.3. The fourth-order valence-corrected chi connectivity index (χ4v) is 1.19. The molecule has 0 aromatic carbocycles. The standard InChI is InChI=1S/C7H12O2/c1-5-2-3-6(8)7(9)4-5/h5,7,9H,2-4H2,1H3/t5?,7-/m1/s1. The van der Waals surface area contributed by atoms with Crippen molar-refractivity contribution in [3.8, 4) is 0 Å². The van der Waals surface area contributed by atoms with Crippen LogP contribution in [-0.4, -0.2) is 17.0 Å². The Morgan fingerprint density at radius 3 is 2.78 bits per heavy atom. The Kier molecular flexibility index (Phi) is 1.86. The summed E-state index contributed by atoms with van der Waals surface area (Å²) in [6, 6.07) is 0. The van der Waals surface area contributed by atoms with Crippen LogP contribution in [0.3, 0.4) is 0 Å². The number of ketones is 1. The van der Waals surface area contributed by atoms with E-state index in [9.17, 15) is 4.79 Å². The van der Waals surface area contributed by atoms with Crippen LogP contribution in [0.4, 0.5) is 0 Å². The summed E-state index contributed by atoms with van der Waals surface area (Å²) in [7, 11) is 0. The molecule has 0 bridgehead atoms. The van der Waals surface area contributed by atoms with Crippen LogP contribution in [-0.2, 0) is 4.79 Å². The normalized spacial score (nSPS) is 36.9. The van der Waals surface area contributed by atoms with Crippen molar-refractivity contribution in [2.24, 2.45) is 5.92 Å². The van der Waals surface area contributed by atoms with Crippen LogP contribution < -0.4 is 0 Å². The molecule has 2 heteroatoms. The van der Waals surface area contributed by atoms with Gasteiger partial charge in [0.05, 0.1) is 0 Å². The first-order valence-corrected chi connectivity index (χ1v) is 3.41. The molecular formula is C7H12O2. The van der Waals surface area contributed by atoms with E-state index in [1.807, 2.05) is 0 Å². The Labute approximate surface area is 54.9 Å². The van der Waals surface area contributed by atoms with Gasteiger partial charge in [-0.05, 0) is 18.8 Å². The first-order chi connectivity index (χ1) is 4.20. The fraction of sp³-hybridized carbons (Fsp3) is 0.857. The monoisotopic (exact) mass is 128 g/mol. The van der Waals surface area contributed by atoms with Crippen molar-refractivity contribution in [2.45, 2.75) is 32.3 Å². The molecule has 1 aliphatic carbocycles. The van der Waals surface area contributed by atoms with Crippen LogP contribution in [0.15, 0.2) is 0 Å². The third-order valence-electron chi connectivity index (χ3n) is 1.88. The Balaban J connectivity index is 2.44. The maximum Gasteiger partial charge on any atom is 0.161 e. The molecule has 1 N–H and O–H groups in total. The predicted octanol–water partition coefficient (Wildman–Crippen LogP) is 0.736. The van der Waals surface area contributed by atoms with E-state index in [-0.39, 0.29) is 5.78 Å². The van der Waals surface area contributed by atoms with Crippen molar-refractivity contribution >= 4 is 5.78 Å². The highest BCUT2D eigenvalue weighted by Gasteiger charge is 2.23. The van der Waals surface area contributed by atoms with Gasteiger partial charge in [-0.1, -0.05) is 6.92 Å². The van der Waals surface area contributed by atoms with E-state index in [0.717, 1.165) is 6.42 Å². The molecule has 0 aliphatic heterocycles. The SMILES string of the molecule is CC1CCC(=O)[C@H](O)C1. The second-order valence-electron chi connectivity index (χ2n) is 2.86. The molecule has 1 rings (SSSR count). The Bertz CT molecular complexity index is 120. The molecule has 0 amide bonds. The fourth-order valence-electron chi connectivity index (χ4n) is 1.19. The zero-order valence-electron chi connectivity index (χ0n) is 5.63. The molecule has 0 aromatic rings. The van der Waals surface area contributed by atoms with Gasteiger partial charge >= 0.3 is 0 Å². The topological polar surface area (TPSA) is 37.3 Å². The van der Waals surface area contributed by atoms with Crippen LogP contribution in [0, 0.1) is 5.92 Å². The average molecular weight is 128 g/mol. The van der Waals surface area contributed by atoms with Gasteiger partial charge in [0.2, 0.25) is 0 Å². The molecule has 0 radical (unpaired) electrons. The minimum Gasteiger partial charge on any atom is -0.385 e. The second-order valence-corrected chi connectivity index (χ2v) is 2.86. The molecule has 0 aromatic heterocycles. The summed E-state index contributed by atoms with van der Waals surface area (Å²) >= 11 is 0. The van der Waals surface area contributed by atoms with Crippen molar-refractivity contribution in [1.82, 2.24) is 0 Å². The maximum absolute atomic E-state index is 10.7. The van der Waals surface area contributed by atoms with Gasteiger partial charge in [-0.3, -0.25) is 4.79 Å². The maximum atomic E-state index is 10.7. The number of rotatable bonds is 0. The summed E-state index contributed by atoms with van der Waals surface area (Å²) < 4.78 is 0. The number of hydrogen-bond donors (Lipinski definition) is 1. The van der Waals surface area contributed by atoms with Crippen LogP contribution >= 0.6 is 0 Å². The number of aliphatic hydroxyl groups excluding tert-OH is 1. The Morgan fingerprint density at radius 2 is 2.33 bits per heavy atom. The van der Waals surface area contributed by atoms with E-state index >= 15 is 0 Å². The lowest BCUT2D eigenvalue weighted by Gasteiger charge is -2.20. The highest BCUT2D eigenvalue weighted by Crippen LogP contribution is 2.20. The molecule has 52 valence electrons.